The van der Waals surface area contributed by atoms with Crippen LogP contribution in [0.1, 0.15) is 5.56 Å². The van der Waals surface area contributed by atoms with E-state index in [2.05, 4.69) is 10.3 Å². The molecule has 0 bridgehead atoms. The number of nitrogens with one attached hydrogen (secondary N) is 1. The highest BCUT2D eigenvalue weighted by molar-refractivity contribution is 7.14. The molecule has 2 heterocycles. The zero-order chi connectivity index (χ0) is 21.4. The molecule has 152 valence electrons. The fraction of sp³-hybridized carbons (Fsp3) is 0.143. The van der Waals surface area contributed by atoms with Crippen LogP contribution in [0.3, 0.4) is 0 Å². The number of benzene rings is 2. The summed E-state index contributed by atoms with van der Waals surface area (Å²) in [7, 11) is 3.02. The van der Waals surface area contributed by atoms with Crippen molar-refractivity contribution in [2.45, 2.75) is 6.42 Å². The van der Waals surface area contributed by atoms with E-state index in [9.17, 15) is 14.4 Å². The molecule has 2 aromatic carbocycles. The molecule has 0 aliphatic heterocycles. The Morgan fingerprint density at radius 2 is 1.83 bits per heavy atom. The summed E-state index contributed by atoms with van der Waals surface area (Å²) >= 11 is 7.23. The average Bonchev–Trinajstić information content (AvgIpc) is 3.19. The topological polar surface area (TPSA) is 86.0 Å². The van der Waals surface area contributed by atoms with Gasteiger partial charge in [-0.2, -0.15) is 0 Å². The van der Waals surface area contributed by atoms with Crippen molar-refractivity contribution in [2.75, 3.05) is 5.32 Å². The molecule has 4 aromatic rings. The number of hydrogen-bond acceptors (Lipinski definition) is 5. The van der Waals surface area contributed by atoms with Crippen LogP contribution in [-0.2, 0) is 25.3 Å². The highest BCUT2D eigenvalue weighted by Gasteiger charge is 2.15. The summed E-state index contributed by atoms with van der Waals surface area (Å²) in [4.78, 5) is 41.9. The highest BCUT2D eigenvalue weighted by atomic mass is 35.5. The first-order valence-corrected chi connectivity index (χ1v) is 10.3. The second-order valence-electron chi connectivity index (χ2n) is 6.79. The molecule has 0 saturated carbocycles. The average molecular weight is 441 g/mol. The van der Waals surface area contributed by atoms with Gasteiger partial charge in [0.2, 0.25) is 5.91 Å². The van der Waals surface area contributed by atoms with Gasteiger partial charge in [0.15, 0.2) is 5.13 Å². The molecule has 4 rings (SSSR count). The summed E-state index contributed by atoms with van der Waals surface area (Å²) in [6, 6.07) is 12.4. The van der Waals surface area contributed by atoms with Crippen molar-refractivity contribution in [1.29, 1.82) is 0 Å². The third-order valence-corrected chi connectivity index (χ3v) is 5.83. The number of hydrogen-bond donors (Lipinski definition) is 1. The minimum absolute atomic E-state index is 0.0133. The van der Waals surface area contributed by atoms with Gasteiger partial charge in [-0.1, -0.05) is 35.9 Å². The zero-order valence-electron chi connectivity index (χ0n) is 16.2. The zero-order valence-corrected chi connectivity index (χ0v) is 17.8. The van der Waals surface area contributed by atoms with E-state index in [1.54, 1.807) is 37.4 Å². The Hall–Kier alpha value is -3.23. The predicted molar refractivity (Wildman–Crippen MR) is 119 cm³/mol. The maximum absolute atomic E-state index is 12.6. The molecular weight excluding hydrogens is 424 g/mol. The summed E-state index contributed by atoms with van der Waals surface area (Å²) < 4.78 is 2.44. The van der Waals surface area contributed by atoms with E-state index < -0.39 is 11.2 Å². The van der Waals surface area contributed by atoms with Crippen molar-refractivity contribution in [2.24, 2.45) is 14.1 Å². The molecule has 1 N–H and O–H groups in total. The molecule has 0 radical (unpaired) electrons. The Morgan fingerprint density at radius 3 is 2.57 bits per heavy atom. The van der Waals surface area contributed by atoms with Crippen LogP contribution in [-0.4, -0.2) is 20.0 Å². The number of carbonyl (C=O) groups is 1. The van der Waals surface area contributed by atoms with E-state index in [0.29, 0.717) is 26.6 Å². The van der Waals surface area contributed by atoms with Gasteiger partial charge in [0.25, 0.3) is 5.56 Å². The number of fused-ring (bicyclic) bond motifs is 1. The van der Waals surface area contributed by atoms with Crippen molar-refractivity contribution >= 4 is 44.9 Å². The Kier molecular flexibility index (Phi) is 5.27. The SMILES string of the molecule is Cn1c(=O)c2c(CC(=O)Nc3nc(-c4ccc(Cl)cc4)cs3)cccc2n(C)c1=O. The van der Waals surface area contributed by atoms with Crippen LogP contribution >= 0.6 is 22.9 Å². The number of nitrogens with zero attached hydrogens (tertiary/aromatic N) is 3. The van der Waals surface area contributed by atoms with Gasteiger partial charge in [-0.05, 0) is 23.8 Å². The Bertz CT molecular complexity index is 1390. The summed E-state index contributed by atoms with van der Waals surface area (Å²) in [6.07, 6.45) is -0.0133. The molecule has 30 heavy (non-hydrogen) atoms. The minimum atomic E-state index is -0.421. The molecule has 9 heteroatoms. The first kappa shape index (κ1) is 20.1. The Morgan fingerprint density at radius 1 is 1.10 bits per heavy atom. The lowest BCUT2D eigenvalue weighted by Gasteiger charge is -2.10. The molecular formula is C21H17ClN4O3S. The van der Waals surface area contributed by atoms with E-state index >= 15 is 0 Å². The molecule has 2 aromatic heterocycles. The number of carbonyl (C=O) groups excluding carboxylic acids is 1. The first-order chi connectivity index (χ1) is 14.3. The lowest BCUT2D eigenvalue weighted by atomic mass is 10.1. The van der Waals surface area contributed by atoms with Crippen molar-refractivity contribution in [3.63, 3.8) is 0 Å². The standard InChI is InChI=1S/C21H17ClN4O3S/c1-25-16-5-3-4-13(18(16)19(28)26(2)21(25)29)10-17(27)24-20-23-15(11-30-20)12-6-8-14(22)9-7-12/h3-9,11H,10H2,1-2H3,(H,23,24,27). The molecule has 0 unspecified atom stereocenters. The quantitative estimate of drug-likeness (QED) is 0.528. The Balaban J connectivity index is 1.60. The molecule has 0 atom stereocenters. The second kappa shape index (κ2) is 7.89. The smallest absolute Gasteiger partial charge is 0.302 e. The third-order valence-electron chi connectivity index (χ3n) is 4.82. The molecule has 0 spiro atoms. The van der Waals surface area contributed by atoms with E-state index in [1.807, 2.05) is 17.5 Å². The lowest BCUT2D eigenvalue weighted by Crippen LogP contribution is -2.37. The van der Waals surface area contributed by atoms with Crippen molar-refractivity contribution in [3.05, 3.63) is 79.3 Å². The van der Waals surface area contributed by atoms with Crippen LogP contribution in [0, 0.1) is 0 Å². The number of thiazole rings is 1. The van der Waals surface area contributed by atoms with Gasteiger partial charge in [0, 0.05) is 30.1 Å². The molecule has 7 nitrogen and oxygen atoms in total. The maximum Gasteiger partial charge on any atom is 0.330 e. The fourth-order valence-corrected chi connectivity index (χ4v) is 4.13. The Labute approximate surface area is 180 Å². The van der Waals surface area contributed by atoms with Crippen LogP contribution in [0.15, 0.2) is 57.4 Å². The van der Waals surface area contributed by atoms with Gasteiger partial charge in [0.05, 0.1) is 23.0 Å². The van der Waals surface area contributed by atoms with Gasteiger partial charge in [-0.3, -0.25) is 18.7 Å². The van der Waals surface area contributed by atoms with Crippen LogP contribution in [0.5, 0.6) is 0 Å². The fourth-order valence-electron chi connectivity index (χ4n) is 3.26. The molecule has 0 fully saturated rings. The minimum Gasteiger partial charge on any atom is -0.302 e. The van der Waals surface area contributed by atoms with Crippen molar-refractivity contribution in [3.8, 4) is 11.3 Å². The van der Waals surface area contributed by atoms with E-state index in [0.717, 1.165) is 15.8 Å². The van der Waals surface area contributed by atoms with Crippen molar-refractivity contribution in [1.82, 2.24) is 14.1 Å². The lowest BCUT2D eigenvalue weighted by molar-refractivity contribution is -0.115. The monoisotopic (exact) mass is 440 g/mol. The van der Waals surface area contributed by atoms with Crippen LogP contribution < -0.4 is 16.6 Å². The van der Waals surface area contributed by atoms with Crippen LogP contribution in [0.2, 0.25) is 5.02 Å². The number of rotatable bonds is 4. The van der Waals surface area contributed by atoms with E-state index in [4.69, 9.17) is 11.6 Å². The van der Waals surface area contributed by atoms with Crippen LogP contribution in [0.4, 0.5) is 5.13 Å². The summed E-state index contributed by atoms with van der Waals surface area (Å²) in [6.45, 7) is 0. The number of halogens is 1. The third kappa shape index (κ3) is 3.67. The highest BCUT2D eigenvalue weighted by Crippen LogP contribution is 2.26. The number of anilines is 1. The number of amides is 1. The first-order valence-electron chi connectivity index (χ1n) is 9.04. The largest absolute Gasteiger partial charge is 0.330 e. The predicted octanol–water partition coefficient (Wildman–Crippen LogP) is 3.20. The molecule has 0 aliphatic rings. The van der Waals surface area contributed by atoms with Crippen LogP contribution in [0.25, 0.3) is 22.2 Å². The molecule has 0 saturated heterocycles. The normalized spacial score (nSPS) is 11.0. The summed E-state index contributed by atoms with van der Waals surface area (Å²) in [5.74, 6) is -0.296. The van der Waals surface area contributed by atoms with Gasteiger partial charge in [-0.25, -0.2) is 9.78 Å². The number of aryl methyl sites for hydroxylation is 1. The maximum atomic E-state index is 12.6. The number of aromatic nitrogens is 3. The van der Waals surface area contributed by atoms with E-state index in [1.165, 1.54) is 23.0 Å². The van der Waals surface area contributed by atoms with Crippen molar-refractivity contribution < 1.29 is 4.79 Å². The van der Waals surface area contributed by atoms with Gasteiger partial charge < -0.3 is 5.32 Å². The van der Waals surface area contributed by atoms with Gasteiger partial charge in [-0.15, -0.1) is 11.3 Å². The molecule has 0 aliphatic carbocycles. The van der Waals surface area contributed by atoms with Gasteiger partial charge in [0.1, 0.15) is 0 Å². The second-order valence-corrected chi connectivity index (χ2v) is 8.08. The summed E-state index contributed by atoms with van der Waals surface area (Å²) in [5.41, 5.74) is 1.85. The van der Waals surface area contributed by atoms with E-state index in [-0.39, 0.29) is 12.3 Å². The summed E-state index contributed by atoms with van der Waals surface area (Å²) in [5, 5.41) is 6.09. The van der Waals surface area contributed by atoms with Gasteiger partial charge >= 0.3 is 5.69 Å². The molecule has 1 amide bonds.